The van der Waals surface area contributed by atoms with Crippen molar-refractivity contribution in [3.63, 3.8) is 0 Å². The lowest BCUT2D eigenvalue weighted by atomic mass is 9.96. The van der Waals surface area contributed by atoms with Crippen LogP contribution in [-0.2, 0) is 27.2 Å². The summed E-state index contributed by atoms with van der Waals surface area (Å²) in [6, 6.07) is 11.7. The molecule has 220 valence electrons. The van der Waals surface area contributed by atoms with Crippen molar-refractivity contribution in [2.24, 2.45) is 0 Å². The van der Waals surface area contributed by atoms with Crippen LogP contribution in [0.25, 0.3) is 0 Å². The number of carbonyl (C=O) groups excluding carboxylic acids is 1. The standard InChI is InChI=1S/C30H39I2NO7/c1-30(2,3)40-29(38)33(24-19-22(31)18-23(32)20-24)16-7-5-4-6-10-21-11-8-12-26(25(21)14-15-28(36)37)39-17-9-13-27(34)35/h8,11-12,18-20H,4-7,9-10,13-17H2,1-3H3,(H,34,35)(H,36,37). The molecular weight excluding hydrogens is 740 g/mol. The first-order chi connectivity index (χ1) is 18.9. The number of carboxylic acid groups (broad SMARTS) is 2. The monoisotopic (exact) mass is 779 g/mol. The summed E-state index contributed by atoms with van der Waals surface area (Å²) in [5.41, 5.74) is 2.18. The van der Waals surface area contributed by atoms with E-state index in [1.165, 1.54) is 0 Å². The van der Waals surface area contributed by atoms with Crippen LogP contribution in [0, 0.1) is 7.14 Å². The minimum Gasteiger partial charge on any atom is -0.493 e. The molecule has 0 atom stereocenters. The number of nitrogens with zero attached hydrogens (tertiary/aromatic N) is 1. The Kier molecular flexibility index (Phi) is 14.5. The van der Waals surface area contributed by atoms with Gasteiger partial charge in [0.2, 0.25) is 0 Å². The molecule has 0 fully saturated rings. The first-order valence-electron chi connectivity index (χ1n) is 13.5. The summed E-state index contributed by atoms with van der Waals surface area (Å²) < 4.78 is 13.6. The van der Waals surface area contributed by atoms with E-state index in [0.717, 1.165) is 56.1 Å². The van der Waals surface area contributed by atoms with Crippen molar-refractivity contribution in [3.8, 4) is 5.75 Å². The highest BCUT2D eigenvalue weighted by Gasteiger charge is 2.23. The summed E-state index contributed by atoms with van der Waals surface area (Å²) in [5.74, 6) is -1.11. The van der Waals surface area contributed by atoms with Crippen LogP contribution in [0.3, 0.4) is 0 Å². The average molecular weight is 779 g/mol. The van der Waals surface area contributed by atoms with E-state index in [-0.39, 0.29) is 25.5 Å². The van der Waals surface area contributed by atoms with Crippen molar-refractivity contribution in [1.29, 1.82) is 0 Å². The molecule has 0 unspecified atom stereocenters. The number of anilines is 1. The number of benzene rings is 2. The second-order valence-corrected chi connectivity index (χ2v) is 13.0. The topological polar surface area (TPSA) is 113 Å². The second kappa shape index (κ2) is 17.0. The highest BCUT2D eigenvalue weighted by Crippen LogP contribution is 2.27. The van der Waals surface area contributed by atoms with Crippen molar-refractivity contribution in [3.05, 3.63) is 54.7 Å². The maximum atomic E-state index is 13.0. The molecule has 40 heavy (non-hydrogen) atoms. The molecule has 2 N–H and O–H groups in total. The summed E-state index contributed by atoms with van der Waals surface area (Å²) in [6.07, 6.45) is 4.82. The molecular formula is C30H39I2NO7. The summed E-state index contributed by atoms with van der Waals surface area (Å²) in [4.78, 5) is 36.7. The van der Waals surface area contributed by atoms with Crippen molar-refractivity contribution in [2.75, 3.05) is 18.1 Å². The van der Waals surface area contributed by atoms with Crippen LogP contribution in [0.15, 0.2) is 36.4 Å². The number of aliphatic carboxylic acids is 2. The van der Waals surface area contributed by atoms with Gasteiger partial charge >= 0.3 is 18.0 Å². The predicted molar refractivity (Wildman–Crippen MR) is 172 cm³/mol. The molecule has 0 aliphatic carbocycles. The number of hydrogen-bond donors (Lipinski definition) is 2. The highest BCUT2D eigenvalue weighted by atomic mass is 127. The normalized spacial score (nSPS) is 11.2. The molecule has 2 aromatic rings. The molecule has 2 rings (SSSR count). The molecule has 0 aliphatic rings. The Hall–Kier alpha value is -2.09. The first kappa shape index (κ1) is 34.1. The summed E-state index contributed by atoms with van der Waals surface area (Å²) in [5, 5.41) is 18.1. The van der Waals surface area contributed by atoms with Gasteiger partial charge in [0.25, 0.3) is 0 Å². The molecule has 1 amide bonds. The lowest BCUT2D eigenvalue weighted by molar-refractivity contribution is -0.138. The third-order valence-corrected chi connectivity index (χ3v) is 7.21. The van der Waals surface area contributed by atoms with Crippen molar-refractivity contribution >= 4 is 68.9 Å². The van der Waals surface area contributed by atoms with E-state index in [1.807, 2.05) is 51.1 Å². The number of halogens is 2. The molecule has 0 heterocycles. The van der Waals surface area contributed by atoms with Gasteiger partial charge in [0.05, 0.1) is 6.61 Å². The van der Waals surface area contributed by atoms with E-state index < -0.39 is 17.5 Å². The molecule has 0 aliphatic heterocycles. The third kappa shape index (κ3) is 13.0. The number of amides is 1. The SMILES string of the molecule is CC(C)(C)OC(=O)N(CCCCCCc1cccc(OCCCC(=O)O)c1CCC(=O)O)c1cc(I)cc(I)c1. The van der Waals surface area contributed by atoms with Gasteiger partial charge in [-0.15, -0.1) is 0 Å². The Labute approximate surface area is 264 Å². The zero-order valence-electron chi connectivity index (χ0n) is 23.4. The van der Waals surface area contributed by atoms with Crippen LogP contribution in [0.5, 0.6) is 5.75 Å². The first-order valence-corrected chi connectivity index (χ1v) is 15.6. The fourth-order valence-corrected chi connectivity index (χ4v) is 6.08. The van der Waals surface area contributed by atoms with Crippen LogP contribution in [0.1, 0.15) is 76.8 Å². The number of aryl methyl sites for hydroxylation is 1. The van der Waals surface area contributed by atoms with Gasteiger partial charge in [-0.1, -0.05) is 25.0 Å². The Balaban J connectivity index is 1.98. The molecule has 0 radical (unpaired) electrons. The lowest BCUT2D eigenvalue weighted by Crippen LogP contribution is -2.37. The minimum atomic E-state index is -0.871. The molecule has 0 spiro atoms. The Bertz CT molecular complexity index is 1130. The molecule has 0 saturated carbocycles. The average Bonchev–Trinajstić information content (AvgIpc) is 2.83. The van der Waals surface area contributed by atoms with E-state index in [4.69, 9.17) is 14.6 Å². The van der Waals surface area contributed by atoms with E-state index in [0.29, 0.717) is 25.1 Å². The van der Waals surface area contributed by atoms with Gasteiger partial charge in [-0.2, -0.15) is 0 Å². The minimum absolute atomic E-state index is 0.000356. The number of carboxylic acids is 2. The van der Waals surface area contributed by atoms with E-state index in [1.54, 1.807) is 4.90 Å². The van der Waals surface area contributed by atoms with Gasteiger partial charge in [0.15, 0.2) is 0 Å². The van der Waals surface area contributed by atoms with Gasteiger partial charge in [0.1, 0.15) is 11.4 Å². The second-order valence-electron chi connectivity index (χ2n) is 10.6. The van der Waals surface area contributed by atoms with Crippen molar-refractivity contribution in [1.82, 2.24) is 0 Å². The van der Waals surface area contributed by atoms with E-state index >= 15 is 0 Å². The van der Waals surface area contributed by atoms with Crippen LogP contribution in [0.4, 0.5) is 10.5 Å². The van der Waals surface area contributed by atoms with Gasteiger partial charge in [-0.3, -0.25) is 14.5 Å². The lowest BCUT2D eigenvalue weighted by Gasteiger charge is -2.28. The number of rotatable bonds is 16. The smallest absolute Gasteiger partial charge is 0.414 e. The number of carbonyl (C=O) groups is 3. The molecule has 8 nitrogen and oxygen atoms in total. The van der Waals surface area contributed by atoms with E-state index in [2.05, 4.69) is 51.2 Å². The Morgan fingerprint density at radius 3 is 2.12 bits per heavy atom. The summed E-state index contributed by atoms with van der Waals surface area (Å²) >= 11 is 4.51. The van der Waals surface area contributed by atoms with Crippen LogP contribution < -0.4 is 9.64 Å². The number of hydrogen-bond acceptors (Lipinski definition) is 5. The van der Waals surface area contributed by atoms with Gasteiger partial charge in [-0.25, -0.2) is 4.79 Å². The van der Waals surface area contributed by atoms with Crippen molar-refractivity contribution < 1.29 is 34.1 Å². The summed E-state index contributed by atoms with van der Waals surface area (Å²) in [6.45, 7) is 6.41. The molecule has 0 aromatic heterocycles. The maximum Gasteiger partial charge on any atom is 0.414 e. The van der Waals surface area contributed by atoms with Crippen LogP contribution in [0.2, 0.25) is 0 Å². The molecule has 0 saturated heterocycles. The maximum absolute atomic E-state index is 13.0. The highest BCUT2D eigenvalue weighted by molar-refractivity contribution is 14.1. The molecule has 0 bridgehead atoms. The fourth-order valence-electron chi connectivity index (χ4n) is 4.18. The number of ether oxygens (including phenoxy) is 2. The van der Waals surface area contributed by atoms with Gasteiger partial charge in [0, 0.05) is 32.2 Å². The predicted octanol–water partition coefficient (Wildman–Crippen LogP) is 7.70. The van der Waals surface area contributed by atoms with Crippen LogP contribution in [-0.4, -0.2) is 47.0 Å². The Morgan fingerprint density at radius 1 is 0.850 bits per heavy atom. The summed E-state index contributed by atoms with van der Waals surface area (Å²) in [7, 11) is 0. The zero-order chi connectivity index (χ0) is 29.7. The molecule has 10 heteroatoms. The van der Waals surface area contributed by atoms with Gasteiger partial charge < -0.3 is 19.7 Å². The largest absolute Gasteiger partial charge is 0.493 e. The Morgan fingerprint density at radius 2 is 1.50 bits per heavy atom. The van der Waals surface area contributed by atoms with Crippen LogP contribution >= 0.6 is 45.2 Å². The van der Waals surface area contributed by atoms with Gasteiger partial charge in [-0.05, 0) is 133 Å². The van der Waals surface area contributed by atoms with E-state index in [9.17, 15) is 19.5 Å². The molecule has 2 aromatic carbocycles. The quantitative estimate of drug-likeness (QED) is 0.133. The van der Waals surface area contributed by atoms with Crippen molar-refractivity contribution in [2.45, 2.75) is 84.2 Å². The zero-order valence-corrected chi connectivity index (χ0v) is 27.7. The third-order valence-electron chi connectivity index (χ3n) is 5.96. The number of unbranched alkanes of at least 4 members (excludes halogenated alkanes) is 3. The fraction of sp³-hybridized carbons (Fsp3) is 0.500.